The predicted molar refractivity (Wildman–Crippen MR) is 97.9 cm³/mol. The molecule has 0 aliphatic rings. The summed E-state index contributed by atoms with van der Waals surface area (Å²) in [4.78, 5) is 3.52. The van der Waals surface area contributed by atoms with Crippen LogP contribution in [0.15, 0.2) is 23.6 Å². The molecule has 2 aromatic rings. The number of aliphatic hydroxyl groups is 1. The fraction of sp³-hybridized carbons (Fsp3) is 0.444. The molecule has 0 aromatic carbocycles. The Morgan fingerprint density at radius 3 is 2.87 bits per heavy atom. The van der Waals surface area contributed by atoms with Crippen molar-refractivity contribution in [1.29, 1.82) is 0 Å². The van der Waals surface area contributed by atoms with Crippen molar-refractivity contribution in [3.05, 3.63) is 43.8 Å². The maximum absolute atomic E-state index is 9.17. The highest BCUT2D eigenvalue weighted by Gasteiger charge is 2.16. The van der Waals surface area contributed by atoms with Gasteiger partial charge in [0.15, 0.2) is 0 Å². The summed E-state index contributed by atoms with van der Waals surface area (Å²) in [5.41, 5.74) is 6.71. The van der Waals surface area contributed by atoms with Gasteiger partial charge in [0.25, 0.3) is 0 Å². The first kappa shape index (κ1) is 18.2. The molecule has 23 heavy (non-hydrogen) atoms. The second-order valence-corrected chi connectivity index (χ2v) is 8.13. The van der Waals surface area contributed by atoms with Crippen LogP contribution in [0.2, 0.25) is 0 Å². The Balaban J connectivity index is 1.74. The number of hydrogen-bond acceptors (Lipinski definition) is 5. The third kappa shape index (κ3) is 6.46. The van der Waals surface area contributed by atoms with Crippen molar-refractivity contribution in [1.82, 2.24) is 0 Å². The standard InChI is InChI=1S/C18H23NO2S2/c1-14-10-17(22-12-14)11-21-9-3-4-15-5-6-16(23-15)7-8-18(2,19)13-20/h5-6,10,12,20H,7-9,11,13,19H2,1-2H3. The zero-order chi connectivity index (χ0) is 16.7. The van der Waals surface area contributed by atoms with Crippen molar-refractivity contribution in [3.63, 3.8) is 0 Å². The average molecular weight is 350 g/mol. The number of aliphatic hydroxyl groups excluding tert-OH is 1. The van der Waals surface area contributed by atoms with Crippen molar-refractivity contribution in [2.24, 2.45) is 5.73 Å². The molecule has 1 unspecified atom stereocenters. The van der Waals surface area contributed by atoms with E-state index in [4.69, 9.17) is 10.5 Å². The van der Waals surface area contributed by atoms with Crippen LogP contribution in [0.25, 0.3) is 0 Å². The van der Waals surface area contributed by atoms with E-state index in [2.05, 4.69) is 36.3 Å². The van der Waals surface area contributed by atoms with Crippen molar-refractivity contribution in [2.75, 3.05) is 13.2 Å². The lowest BCUT2D eigenvalue weighted by Gasteiger charge is -2.20. The molecule has 0 amide bonds. The molecule has 2 heterocycles. The molecule has 0 saturated heterocycles. The molecule has 5 heteroatoms. The first-order valence-corrected chi connectivity index (χ1v) is 9.27. The fourth-order valence-corrected chi connectivity index (χ4v) is 3.65. The molecule has 0 aliphatic heterocycles. The molecule has 2 rings (SSSR count). The van der Waals surface area contributed by atoms with Gasteiger partial charge in [0.05, 0.1) is 18.1 Å². The lowest BCUT2D eigenvalue weighted by molar-refractivity contribution is 0.156. The Labute approximate surface area is 146 Å². The Morgan fingerprint density at radius 1 is 1.35 bits per heavy atom. The van der Waals surface area contributed by atoms with Crippen molar-refractivity contribution >= 4 is 22.7 Å². The molecule has 3 nitrogen and oxygen atoms in total. The third-order valence-electron chi connectivity index (χ3n) is 3.38. The van der Waals surface area contributed by atoms with E-state index in [9.17, 15) is 5.11 Å². The van der Waals surface area contributed by atoms with Gasteiger partial charge in [0.1, 0.15) is 6.61 Å². The molecule has 0 bridgehead atoms. The highest BCUT2D eigenvalue weighted by Crippen LogP contribution is 2.19. The molecule has 3 N–H and O–H groups in total. The van der Waals surface area contributed by atoms with E-state index in [0.717, 1.165) is 17.7 Å². The summed E-state index contributed by atoms with van der Waals surface area (Å²) in [6.45, 7) is 5.02. The number of hydrogen-bond donors (Lipinski definition) is 2. The molecule has 124 valence electrons. The third-order valence-corrected chi connectivity index (χ3v) is 5.47. The molecular weight excluding hydrogens is 326 g/mol. The molecule has 1 atom stereocenters. The number of thiophene rings is 2. The minimum atomic E-state index is -0.510. The van der Waals surface area contributed by atoms with Crippen LogP contribution in [-0.2, 0) is 17.8 Å². The van der Waals surface area contributed by atoms with E-state index in [0.29, 0.717) is 13.2 Å². The monoisotopic (exact) mass is 349 g/mol. The van der Waals surface area contributed by atoms with Crippen molar-refractivity contribution in [2.45, 2.75) is 38.8 Å². The number of aryl methyl sites for hydroxylation is 2. The minimum absolute atomic E-state index is 0.00609. The Hall–Kier alpha value is -1.16. The van der Waals surface area contributed by atoms with Gasteiger partial charge in [-0.05, 0) is 55.8 Å². The predicted octanol–water partition coefficient (Wildman–Crippen LogP) is 3.33. The molecule has 0 aliphatic carbocycles. The summed E-state index contributed by atoms with van der Waals surface area (Å²) in [7, 11) is 0. The first-order chi connectivity index (χ1) is 11.0. The maximum Gasteiger partial charge on any atom is 0.108 e. The van der Waals surface area contributed by atoms with Crippen LogP contribution in [0.5, 0.6) is 0 Å². The second kappa shape index (κ2) is 8.62. The first-order valence-electron chi connectivity index (χ1n) is 7.57. The lowest BCUT2D eigenvalue weighted by atomic mass is 9.98. The minimum Gasteiger partial charge on any atom is -0.394 e. The SMILES string of the molecule is Cc1csc(COCC#Cc2ccc(CCC(C)(N)CO)s2)c1. The van der Waals surface area contributed by atoms with E-state index in [1.807, 2.05) is 13.0 Å². The van der Waals surface area contributed by atoms with Crippen LogP contribution in [0.1, 0.15) is 33.5 Å². The average Bonchev–Trinajstić information content (AvgIpc) is 3.14. The van der Waals surface area contributed by atoms with Crippen LogP contribution in [0.4, 0.5) is 0 Å². The molecule has 2 aromatic heterocycles. The topological polar surface area (TPSA) is 55.5 Å². The van der Waals surface area contributed by atoms with Gasteiger partial charge < -0.3 is 15.6 Å². The second-order valence-electron chi connectivity index (χ2n) is 5.96. The largest absolute Gasteiger partial charge is 0.394 e. The highest BCUT2D eigenvalue weighted by atomic mass is 32.1. The van der Waals surface area contributed by atoms with Gasteiger partial charge in [-0.25, -0.2) is 0 Å². The van der Waals surface area contributed by atoms with E-state index >= 15 is 0 Å². The normalized spacial score (nSPS) is 13.4. The van der Waals surface area contributed by atoms with Crippen LogP contribution in [-0.4, -0.2) is 23.9 Å². The lowest BCUT2D eigenvalue weighted by Crippen LogP contribution is -2.40. The quantitative estimate of drug-likeness (QED) is 0.595. The van der Waals surface area contributed by atoms with Crippen LogP contribution in [0.3, 0.4) is 0 Å². The number of ether oxygens (including phenoxy) is 1. The van der Waals surface area contributed by atoms with Gasteiger partial charge >= 0.3 is 0 Å². The van der Waals surface area contributed by atoms with Gasteiger partial charge in [0, 0.05) is 15.3 Å². The zero-order valence-corrected chi connectivity index (χ0v) is 15.2. The van der Waals surface area contributed by atoms with Crippen LogP contribution < -0.4 is 5.73 Å². The molecule has 0 saturated carbocycles. The summed E-state index contributed by atoms with van der Waals surface area (Å²) < 4.78 is 5.57. The Bertz CT molecular complexity index is 676. The smallest absolute Gasteiger partial charge is 0.108 e. The van der Waals surface area contributed by atoms with Gasteiger partial charge in [-0.1, -0.05) is 11.8 Å². The van der Waals surface area contributed by atoms with Gasteiger partial charge in [0.2, 0.25) is 0 Å². The molecule has 0 fully saturated rings. The molecular formula is C18H23NO2S2. The Kier molecular flexibility index (Phi) is 6.82. The summed E-state index contributed by atoms with van der Waals surface area (Å²) in [5, 5.41) is 11.3. The van der Waals surface area contributed by atoms with E-state index in [-0.39, 0.29) is 6.61 Å². The van der Waals surface area contributed by atoms with Gasteiger partial charge in [-0.3, -0.25) is 0 Å². The van der Waals surface area contributed by atoms with Crippen molar-refractivity contribution in [3.8, 4) is 11.8 Å². The maximum atomic E-state index is 9.17. The van der Waals surface area contributed by atoms with E-state index in [1.165, 1.54) is 15.3 Å². The van der Waals surface area contributed by atoms with Crippen LogP contribution >= 0.6 is 22.7 Å². The zero-order valence-electron chi connectivity index (χ0n) is 13.6. The van der Waals surface area contributed by atoms with Gasteiger partial charge in [-0.2, -0.15) is 0 Å². The fourth-order valence-electron chi connectivity index (χ4n) is 1.96. The molecule has 0 spiro atoms. The summed E-state index contributed by atoms with van der Waals surface area (Å²) >= 11 is 3.39. The van der Waals surface area contributed by atoms with E-state index in [1.54, 1.807) is 22.7 Å². The number of nitrogens with two attached hydrogens (primary N) is 1. The summed E-state index contributed by atoms with van der Waals surface area (Å²) in [5.74, 6) is 6.19. The Morgan fingerprint density at radius 2 is 2.17 bits per heavy atom. The highest BCUT2D eigenvalue weighted by molar-refractivity contribution is 7.12. The number of rotatable bonds is 7. The van der Waals surface area contributed by atoms with Gasteiger partial charge in [-0.15, -0.1) is 22.7 Å². The van der Waals surface area contributed by atoms with Crippen molar-refractivity contribution < 1.29 is 9.84 Å². The van der Waals surface area contributed by atoms with E-state index < -0.39 is 5.54 Å². The van der Waals surface area contributed by atoms with Crippen LogP contribution in [0, 0.1) is 18.8 Å². The molecule has 0 radical (unpaired) electrons. The summed E-state index contributed by atoms with van der Waals surface area (Å²) in [6, 6.07) is 6.25. The summed E-state index contributed by atoms with van der Waals surface area (Å²) in [6.07, 6.45) is 1.63.